The summed E-state index contributed by atoms with van der Waals surface area (Å²) in [7, 11) is 2.02. The Morgan fingerprint density at radius 2 is 1.71 bits per heavy atom. The Balaban J connectivity index is 1.85. The molecule has 0 aliphatic rings. The summed E-state index contributed by atoms with van der Waals surface area (Å²) in [4.78, 5) is 14.3. The lowest BCUT2D eigenvalue weighted by molar-refractivity contribution is 0.215. The molecule has 0 aromatic heterocycles. The lowest BCUT2D eigenvalue weighted by atomic mass is 10.0. The molecule has 0 spiro atoms. The number of anilines is 1. The van der Waals surface area contributed by atoms with Crippen LogP contribution in [0.2, 0.25) is 0 Å². The second kappa shape index (κ2) is 7.93. The highest BCUT2D eigenvalue weighted by molar-refractivity contribution is 5.89. The van der Waals surface area contributed by atoms with Gasteiger partial charge in [-0.2, -0.15) is 0 Å². The van der Waals surface area contributed by atoms with Gasteiger partial charge >= 0.3 is 6.03 Å². The van der Waals surface area contributed by atoms with Crippen LogP contribution in [0.5, 0.6) is 0 Å². The van der Waals surface area contributed by atoms with Crippen LogP contribution in [0.15, 0.2) is 54.6 Å². The summed E-state index contributed by atoms with van der Waals surface area (Å²) in [6.45, 7) is 5.45. The number of halogens is 1. The molecule has 0 aliphatic carbocycles. The number of nitrogens with zero attached hydrogens (tertiary/aromatic N) is 1. The summed E-state index contributed by atoms with van der Waals surface area (Å²) in [6, 6.07) is 15.6. The van der Waals surface area contributed by atoms with E-state index in [0.717, 1.165) is 6.54 Å². The molecule has 0 fully saturated rings. The van der Waals surface area contributed by atoms with E-state index in [-0.39, 0.29) is 11.8 Å². The molecule has 0 radical (unpaired) electrons. The van der Waals surface area contributed by atoms with Crippen molar-refractivity contribution in [3.05, 3.63) is 66.0 Å². The second-order valence-corrected chi connectivity index (χ2v) is 6.63. The van der Waals surface area contributed by atoms with Gasteiger partial charge in [-0.05, 0) is 50.7 Å². The van der Waals surface area contributed by atoms with Gasteiger partial charge in [0.05, 0.1) is 0 Å². The summed E-state index contributed by atoms with van der Waals surface area (Å²) >= 11 is 0. The maximum absolute atomic E-state index is 12.9. The van der Waals surface area contributed by atoms with Gasteiger partial charge in [-0.3, -0.25) is 4.90 Å². The van der Waals surface area contributed by atoms with Crippen molar-refractivity contribution in [2.45, 2.75) is 25.9 Å². The highest BCUT2D eigenvalue weighted by Gasteiger charge is 2.22. The van der Waals surface area contributed by atoms with Crippen molar-refractivity contribution < 1.29 is 9.18 Å². The molecule has 0 saturated carbocycles. The first-order valence-electron chi connectivity index (χ1n) is 7.91. The minimum atomic E-state index is -0.409. The molecule has 0 heterocycles. The largest absolute Gasteiger partial charge is 0.332 e. The van der Waals surface area contributed by atoms with Crippen LogP contribution in [-0.4, -0.2) is 30.1 Å². The Morgan fingerprint density at radius 1 is 1.08 bits per heavy atom. The van der Waals surface area contributed by atoms with Gasteiger partial charge < -0.3 is 10.6 Å². The maximum atomic E-state index is 12.9. The molecular formula is C19H24FN3O. The van der Waals surface area contributed by atoms with Crippen molar-refractivity contribution in [2.75, 3.05) is 18.9 Å². The number of likely N-dealkylation sites (N-methyl/N-ethyl adjacent to an activating group) is 1. The quantitative estimate of drug-likeness (QED) is 0.845. The minimum absolute atomic E-state index is 0.306. The Labute approximate surface area is 142 Å². The van der Waals surface area contributed by atoms with Crippen LogP contribution >= 0.6 is 0 Å². The van der Waals surface area contributed by atoms with Crippen molar-refractivity contribution in [3.63, 3.8) is 0 Å². The summed E-state index contributed by atoms with van der Waals surface area (Å²) in [5.41, 5.74) is 1.38. The topological polar surface area (TPSA) is 44.4 Å². The van der Waals surface area contributed by atoms with Gasteiger partial charge in [-0.1, -0.05) is 30.3 Å². The molecule has 5 heteroatoms. The number of nitrogens with one attached hydrogen (secondary N) is 2. The van der Waals surface area contributed by atoms with Gasteiger partial charge in [-0.25, -0.2) is 9.18 Å². The van der Waals surface area contributed by atoms with Gasteiger partial charge in [0, 0.05) is 24.3 Å². The molecule has 0 aliphatic heterocycles. The van der Waals surface area contributed by atoms with Crippen LogP contribution in [0.25, 0.3) is 0 Å². The van der Waals surface area contributed by atoms with Crippen LogP contribution in [0.3, 0.4) is 0 Å². The molecule has 128 valence electrons. The number of hydrogen-bond donors (Lipinski definition) is 2. The normalized spacial score (nSPS) is 11.4. The van der Waals surface area contributed by atoms with Crippen LogP contribution < -0.4 is 10.6 Å². The highest BCUT2D eigenvalue weighted by atomic mass is 19.1. The highest BCUT2D eigenvalue weighted by Crippen LogP contribution is 2.11. The number of carbonyl (C=O) groups excluding carboxylic acids is 1. The van der Waals surface area contributed by atoms with E-state index in [0.29, 0.717) is 12.2 Å². The summed E-state index contributed by atoms with van der Waals surface area (Å²) < 4.78 is 12.9. The summed E-state index contributed by atoms with van der Waals surface area (Å²) in [5, 5.41) is 5.66. The van der Waals surface area contributed by atoms with E-state index in [9.17, 15) is 9.18 Å². The van der Waals surface area contributed by atoms with E-state index in [4.69, 9.17) is 0 Å². The lowest BCUT2D eigenvalue weighted by Crippen LogP contribution is -2.51. The average Bonchev–Trinajstić information content (AvgIpc) is 2.49. The second-order valence-electron chi connectivity index (χ2n) is 6.63. The van der Waals surface area contributed by atoms with E-state index in [1.54, 1.807) is 0 Å². The van der Waals surface area contributed by atoms with E-state index in [1.165, 1.54) is 29.8 Å². The third-order valence-corrected chi connectivity index (χ3v) is 3.51. The molecule has 2 aromatic carbocycles. The smallest absolute Gasteiger partial charge is 0.319 e. The Bertz CT molecular complexity index is 656. The third kappa shape index (κ3) is 6.01. The monoisotopic (exact) mass is 329 g/mol. The first-order valence-corrected chi connectivity index (χ1v) is 7.91. The van der Waals surface area contributed by atoms with Crippen LogP contribution in [-0.2, 0) is 6.54 Å². The Morgan fingerprint density at radius 3 is 2.33 bits per heavy atom. The molecule has 0 unspecified atom stereocenters. The standard InChI is InChI=1S/C19H24FN3O/c1-19(2,14-23(3)13-15-7-5-4-6-8-15)22-18(24)21-17-11-9-16(20)10-12-17/h4-12H,13-14H2,1-3H3,(H2,21,22,24). The number of hydrogen-bond acceptors (Lipinski definition) is 2. The Kier molecular flexibility index (Phi) is 5.93. The predicted molar refractivity (Wildman–Crippen MR) is 95.4 cm³/mol. The van der Waals surface area contributed by atoms with Gasteiger partial charge in [0.1, 0.15) is 5.82 Å². The van der Waals surface area contributed by atoms with Crippen molar-refractivity contribution in [2.24, 2.45) is 0 Å². The van der Waals surface area contributed by atoms with E-state index in [2.05, 4.69) is 27.7 Å². The molecule has 4 nitrogen and oxygen atoms in total. The molecule has 2 N–H and O–H groups in total. The van der Waals surface area contributed by atoms with Crippen molar-refractivity contribution in [1.82, 2.24) is 10.2 Å². The van der Waals surface area contributed by atoms with Crippen molar-refractivity contribution in [3.8, 4) is 0 Å². The molecular weight excluding hydrogens is 305 g/mol. The number of carbonyl (C=O) groups is 1. The average molecular weight is 329 g/mol. The molecule has 0 saturated heterocycles. The number of rotatable bonds is 6. The van der Waals surface area contributed by atoms with E-state index >= 15 is 0 Å². The van der Waals surface area contributed by atoms with Crippen LogP contribution in [0.1, 0.15) is 19.4 Å². The number of amides is 2. The number of urea groups is 1. The molecule has 0 atom stereocenters. The lowest BCUT2D eigenvalue weighted by Gasteiger charge is -2.31. The van der Waals surface area contributed by atoms with Crippen LogP contribution in [0.4, 0.5) is 14.9 Å². The van der Waals surface area contributed by atoms with Gasteiger partial charge in [-0.15, -0.1) is 0 Å². The van der Waals surface area contributed by atoms with Gasteiger partial charge in [0.2, 0.25) is 0 Å². The van der Waals surface area contributed by atoms with Gasteiger partial charge in [0.25, 0.3) is 0 Å². The fraction of sp³-hybridized carbons (Fsp3) is 0.316. The van der Waals surface area contributed by atoms with Crippen molar-refractivity contribution >= 4 is 11.7 Å². The fourth-order valence-electron chi connectivity index (χ4n) is 2.67. The van der Waals surface area contributed by atoms with Crippen molar-refractivity contribution in [1.29, 1.82) is 0 Å². The summed E-state index contributed by atoms with van der Waals surface area (Å²) in [6.07, 6.45) is 0. The first-order chi connectivity index (χ1) is 11.3. The minimum Gasteiger partial charge on any atom is -0.332 e. The van der Waals surface area contributed by atoms with E-state index in [1.807, 2.05) is 39.1 Å². The Hall–Kier alpha value is -2.40. The third-order valence-electron chi connectivity index (χ3n) is 3.51. The maximum Gasteiger partial charge on any atom is 0.319 e. The van der Waals surface area contributed by atoms with Gasteiger partial charge in [0.15, 0.2) is 0 Å². The zero-order valence-electron chi connectivity index (χ0n) is 14.3. The molecule has 24 heavy (non-hydrogen) atoms. The zero-order valence-corrected chi connectivity index (χ0v) is 14.3. The van der Waals surface area contributed by atoms with Crippen LogP contribution in [0, 0.1) is 5.82 Å². The fourth-order valence-corrected chi connectivity index (χ4v) is 2.67. The predicted octanol–water partition coefficient (Wildman–Crippen LogP) is 3.86. The zero-order chi connectivity index (χ0) is 17.6. The molecule has 2 rings (SSSR count). The first kappa shape index (κ1) is 17.9. The summed E-state index contributed by atoms with van der Waals surface area (Å²) in [5.74, 6) is -0.330. The molecule has 2 aromatic rings. The molecule has 2 amide bonds. The van der Waals surface area contributed by atoms with E-state index < -0.39 is 5.54 Å². The number of benzene rings is 2. The molecule has 0 bridgehead atoms. The SMILES string of the molecule is CN(Cc1ccccc1)CC(C)(C)NC(=O)Nc1ccc(F)cc1.